The molecule has 0 aliphatic rings. The molecule has 92 valence electrons. The number of nitrogens with one attached hydrogen (secondary N) is 1. The highest BCUT2D eigenvalue weighted by Gasteiger charge is 2.31. The summed E-state index contributed by atoms with van der Waals surface area (Å²) in [6.07, 6.45) is -4.47. The predicted molar refractivity (Wildman–Crippen MR) is 63.9 cm³/mol. The first kappa shape index (κ1) is 14.0. The molecule has 1 N–H and O–H groups in total. The summed E-state index contributed by atoms with van der Waals surface area (Å²) in [5.41, 5.74) is 0. The Bertz CT molecular complexity index is 324. The Kier molecular flexibility index (Phi) is 5.27. The van der Waals surface area contributed by atoms with Crippen LogP contribution in [-0.2, 0) is 6.42 Å². The topological polar surface area (TPSA) is 12.0 Å². The number of hydrogen-bond donors (Lipinski definition) is 1. The molecule has 0 amide bonds. The minimum absolute atomic E-state index is 0.420. The van der Waals surface area contributed by atoms with Crippen molar-refractivity contribution >= 4 is 27.3 Å². The van der Waals surface area contributed by atoms with Crippen molar-refractivity contribution in [2.75, 3.05) is 6.54 Å². The fourth-order valence-electron chi connectivity index (χ4n) is 1.49. The highest BCUT2D eigenvalue weighted by molar-refractivity contribution is 9.11. The molecule has 1 heterocycles. The smallest absolute Gasteiger partial charge is 0.314 e. The summed E-state index contributed by atoms with van der Waals surface area (Å²) in [6, 6.07) is 3.18. The lowest BCUT2D eigenvalue weighted by Crippen LogP contribution is -2.35. The first-order valence-electron chi connectivity index (χ1n) is 4.95. The monoisotopic (exact) mass is 315 g/mol. The van der Waals surface area contributed by atoms with Crippen molar-refractivity contribution in [3.05, 3.63) is 20.8 Å². The molecule has 0 aliphatic heterocycles. The van der Waals surface area contributed by atoms with Crippen molar-refractivity contribution in [2.24, 2.45) is 0 Å². The number of likely N-dealkylation sites (N-methyl/N-ethyl adjacent to an activating group) is 1. The van der Waals surface area contributed by atoms with Crippen LogP contribution in [0.4, 0.5) is 13.2 Å². The SMILES string of the molecule is CCNC(Cc1ccc(Br)s1)CC(F)(F)F. The van der Waals surface area contributed by atoms with Gasteiger partial charge in [0.05, 0.1) is 10.2 Å². The van der Waals surface area contributed by atoms with E-state index in [1.54, 1.807) is 0 Å². The first-order chi connectivity index (χ1) is 7.40. The summed E-state index contributed by atoms with van der Waals surface area (Å²) >= 11 is 4.78. The molecular weight excluding hydrogens is 303 g/mol. The van der Waals surface area contributed by atoms with E-state index < -0.39 is 18.6 Å². The molecule has 16 heavy (non-hydrogen) atoms. The summed E-state index contributed by atoms with van der Waals surface area (Å²) in [7, 11) is 0. The Hall–Kier alpha value is -0.0700. The van der Waals surface area contributed by atoms with E-state index in [9.17, 15) is 13.2 Å². The van der Waals surface area contributed by atoms with E-state index in [0.29, 0.717) is 13.0 Å². The van der Waals surface area contributed by atoms with Crippen molar-refractivity contribution in [2.45, 2.75) is 32.0 Å². The van der Waals surface area contributed by atoms with Gasteiger partial charge in [-0.25, -0.2) is 0 Å². The summed E-state index contributed by atoms with van der Waals surface area (Å²) in [5, 5.41) is 2.87. The summed E-state index contributed by atoms with van der Waals surface area (Å²) in [4.78, 5) is 0.960. The normalized spacial score (nSPS) is 14.1. The molecule has 1 aromatic rings. The lowest BCUT2D eigenvalue weighted by atomic mass is 10.1. The van der Waals surface area contributed by atoms with Gasteiger partial charge >= 0.3 is 6.18 Å². The third-order valence-corrected chi connectivity index (χ3v) is 3.69. The molecule has 6 heteroatoms. The van der Waals surface area contributed by atoms with Crippen LogP contribution in [0, 0.1) is 0 Å². The molecule has 0 spiro atoms. The van der Waals surface area contributed by atoms with Gasteiger partial charge in [-0.15, -0.1) is 11.3 Å². The van der Waals surface area contributed by atoms with Gasteiger partial charge in [-0.2, -0.15) is 13.2 Å². The number of thiophene rings is 1. The molecule has 0 aromatic carbocycles. The molecule has 0 saturated heterocycles. The highest BCUT2D eigenvalue weighted by atomic mass is 79.9. The number of alkyl halides is 3. The van der Waals surface area contributed by atoms with Crippen LogP contribution in [0.25, 0.3) is 0 Å². The second kappa shape index (κ2) is 6.02. The molecule has 1 rings (SSSR count). The summed E-state index contributed by atoms with van der Waals surface area (Å²) in [6.45, 7) is 2.36. The summed E-state index contributed by atoms with van der Waals surface area (Å²) in [5.74, 6) is 0. The molecule has 0 radical (unpaired) electrons. The fourth-order valence-corrected chi connectivity index (χ4v) is 3.05. The zero-order valence-electron chi connectivity index (χ0n) is 8.77. The molecule has 0 aliphatic carbocycles. The van der Waals surface area contributed by atoms with Crippen LogP contribution in [-0.4, -0.2) is 18.8 Å². The average Bonchev–Trinajstić information content (AvgIpc) is 2.48. The van der Waals surface area contributed by atoms with Crippen molar-refractivity contribution in [3.63, 3.8) is 0 Å². The average molecular weight is 316 g/mol. The molecule has 0 saturated carbocycles. The standard InChI is InChI=1S/C10H13BrF3NS/c1-2-15-7(6-10(12,13)14)5-8-3-4-9(11)16-8/h3-4,7,15H,2,5-6H2,1H3. The zero-order chi connectivity index (χ0) is 12.2. The van der Waals surface area contributed by atoms with Gasteiger partial charge in [-0.1, -0.05) is 6.92 Å². The van der Waals surface area contributed by atoms with Crippen LogP contribution in [0.5, 0.6) is 0 Å². The van der Waals surface area contributed by atoms with Gasteiger partial charge in [-0.3, -0.25) is 0 Å². The van der Waals surface area contributed by atoms with Crippen LogP contribution >= 0.6 is 27.3 Å². The molecule has 1 unspecified atom stereocenters. The van der Waals surface area contributed by atoms with Crippen LogP contribution in [0.3, 0.4) is 0 Å². The highest BCUT2D eigenvalue weighted by Crippen LogP contribution is 2.27. The van der Waals surface area contributed by atoms with Crippen molar-refractivity contribution in [3.8, 4) is 0 Å². The Morgan fingerprint density at radius 3 is 2.56 bits per heavy atom. The van der Waals surface area contributed by atoms with E-state index in [1.807, 2.05) is 19.1 Å². The quantitative estimate of drug-likeness (QED) is 0.866. The van der Waals surface area contributed by atoms with Gasteiger partial charge in [0.25, 0.3) is 0 Å². The van der Waals surface area contributed by atoms with Crippen molar-refractivity contribution in [1.82, 2.24) is 5.32 Å². The maximum Gasteiger partial charge on any atom is 0.390 e. The van der Waals surface area contributed by atoms with Crippen molar-refractivity contribution < 1.29 is 13.2 Å². The maximum atomic E-state index is 12.3. The Morgan fingerprint density at radius 2 is 2.12 bits per heavy atom. The predicted octanol–water partition coefficient (Wildman–Crippen LogP) is 3.98. The number of rotatable bonds is 5. The second-order valence-corrected chi connectivity index (χ2v) is 6.03. The van der Waals surface area contributed by atoms with Gasteiger partial charge in [0, 0.05) is 10.9 Å². The van der Waals surface area contributed by atoms with E-state index >= 15 is 0 Å². The first-order valence-corrected chi connectivity index (χ1v) is 6.56. The molecule has 0 fully saturated rings. The molecule has 1 aromatic heterocycles. The summed E-state index contributed by atoms with van der Waals surface area (Å²) < 4.78 is 37.8. The van der Waals surface area contributed by atoms with Gasteiger partial charge in [0.1, 0.15) is 0 Å². The third-order valence-electron chi connectivity index (χ3n) is 2.05. The van der Waals surface area contributed by atoms with E-state index in [4.69, 9.17) is 0 Å². The largest absolute Gasteiger partial charge is 0.390 e. The second-order valence-electron chi connectivity index (χ2n) is 3.48. The number of hydrogen-bond acceptors (Lipinski definition) is 2. The minimum atomic E-state index is -4.11. The molecule has 1 nitrogen and oxygen atoms in total. The Morgan fingerprint density at radius 1 is 1.44 bits per heavy atom. The third kappa shape index (κ3) is 5.32. The van der Waals surface area contributed by atoms with E-state index in [2.05, 4.69) is 21.2 Å². The number of halogens is 4. The maximum absolute atomic E-state index is 12.3. The van der Waals surface area contributed by atoms with E-state index in [-0.39, 0.29) is 0 Å². The van der Waals surface area contributed by atoms with Gasteiger partial charge in [0.2, 0.25) is 0 Å². The molecule has 0 bridgehead atoms. The molecular formula is C10H13BrF3NS. The van der Waals surface area contributed by atoms with Crippen LogP contribution in [0.15, 0.2) is 15.9 Å². The van der Waals surface area contributed by atoms with Crippen LogP contribution in [0.2, 0.25) is 0 Å². The van der Waals surface area contributed by atoms with E-state index in [0.717, 1.165) is 8.66 Å². The Labute approximate surface area is 105 Å². The van der Waals surface area contributed by atoms with Gasteiger partial charge < -0.3 is 5.32 Å². The minimum Gasteiger partial charge on any atom is -0.314 e. The molecule has 1 atom stereocenters. The van der Waals surface area contributed by atoms with Gasteiger partial charge in [-0.05, 0) is 41.0 Å². The van der Waals surface area contributed by atoms with E-state index in [1.165, 1.54) is 11.3 Å². The fraction of sp³-hybridized carbons (Fsp3) is 0.600. The van der Waals surface area contributed by atoms with Crippen molar-refractivity contribution in [1.29, 1.82) is 0 Å². The lowest BCUT2D eigenvalue weighted by molar-refractivity contribution is -0.139. The van der Waals surface area contributed by atoms with Gasteiger partial charge in [0.15, 0.2) is 0 Å². The van der Waals surface area contributed by atoms with Crippen LogP contribution in [0.1, 0.15) is 18.2 Å². The zero-order valence-corrected chi connectivity index (χ0v) is 11.2. The lowest BCUT2D eigenvalue weighted by Gasteiger charge is -2.18. The van der Waals surface area contributed by atoms with Crippen LogP contribution < -0.4 is 5.32 Å². The Balaban J connectivity index is 2.57.